The van der Waals surface area contributed by atoms with Crippen LogP contribution in [0.3, 0.4) is 0 Å². The van der Waals surface area contributed by atoms with Gasteiger partial charge >= 0.3 is 0 Å². The Bertz CT molecular complexity index is 1810. The molecule has 0 saturated carbocycles. The van der Waals surface area contributed by atoms with E-state index in [1.807, 2.05) is 0 Å². The highest BCUT2D eigenvalue weighted by atomic mass is 14.2. The molecule has 0 radical (unpaired) electrons. The average Bonchev–Trinajstić information content (AvgIpc) is 2.88. The number of rotatable bonds is 1. The third-order valence-corrected chi connectivity index (χ3v) is 6.81. The van der Waals surface area contributed by atoms with Crippen LogP contribution in [-0.4, -0.2) is 0 Å². The predicted octanol–water partition coefficient (Wildman–Crippen LogP) is 9.12. The Morgan fingerprint density at radius 2 is 0.875 bits per heavy atom. The Kier molecular flexibility index (Phi) is 3.65. The van der Waals surface area contributed by atoms with Gasteiger partial charge in [-0.2, -0.15) is 0 Å². The first-order chi connectivity index (χ1) is 15.9. The van der Waals surface area contributed by atoms with Crippen LogP contribution in [0.25, 0.3) is 65.0 Å². The summed E-state index contributed by atoms with van der Waals surface area (Å²) in [6, 6.07) is 44.2. The fraction of sp³-hybridized carbons (Fsp3) is 0. The van der Waals surface area contributed by atoms with Crippen molar-refractivity contribution in [2.45, 2.75) is 0 Å². The standard InChI is InChI=1S/C32H20/c1-2-10-21(11-3-1)29-20-30-25-15-7-9-17-27(25)31-23-13-5-4-12-22(23)18-19-28(31)32(30)26-16-8-6-14-24(26)29/h1-20H. The number of hydrogen-bond acceptors (Lipinski definition) is 0. The smallest absolute Gasteiger partial charge is 0.00197 e. The van der Waals surface area contributed by atoms with Crippen molar-refractivity contribution >= 4 is 53.9 Å². The molecule has 0 aliphatic rings. The summed E-state index contributed by atoms with van der Waals surface area (Å²) in [7, 11) is 0. The summed E-state index contributed by atoms with van der Waals surface area (Å²) >= 11 is 0. The van der Waals surface area contributed by atoms with E-state index < -0.39 is 0 Å². The van der Waals surface area contributed by atoms with Crippen LogP contribution < -0.4 is 0 Å². The van der Waals surface area contributed by atoms with E-state index in [9.17, 15) is 0 Å². The van der Waals surface area contributed by atoms with E-state index in [2.05, 4.69) is 121 Å². The summed E-state index contributed by atoms with van der Waals surface area (Å²) < 4.78 is 0. The van der Waals surface area contributed by atoms with Gasteiger partial charge in [-0.3, -0.25) is 0 Å². The molecular formula is C32H20. The Morgan fingerprint density at radius 3 is 1.66 bits per heavy atom. The second-order valence-electron chi connectivity index (χ2n) is 8.51. The quantitative estimate of drug-likeness (QED) is 0.239. The summed E-state index contributed by atoms with van der Waals surface area (Å²) in [6.07, 6.45) is 0. The van der Waals surface area contributed by atoms with E-state index in [0.717, 1.165) is 0 Å². The minimum Gasteiger partial charge on any atom is -0.0622 e. The lowest BCUT2D eigenvalue weighted by atomic mass is 9.86. The number of hydrogen-bond donors (Lipinski definition) is 0. The fourth-order valence-corrected chi connectivity index (χ4v) is 5.44. The van der Waals surface area contributed by atoms with Crippen LogP contribution in [0.15, 0.2) is 121 Å². The number of fused-ring (bicyclic) bond motifs is 10. The molecule has 0 nitrogen and oxygen atoms in total. The lowest BCUT2D eigenvalue weighted by Gasteiger charge is -2.17. The SMILES string of the molecule is c1ccc(-c2cc3c4ccccc4c4c5ccccc5ccc4c3c3ccccc23)cc1. The van der Waals surface area contributed by atoms with Gasteiger partial charge in [0.05, 0.1) is 0 Å². The van der Waals surface area contributed by atoms with Crippen LogP contribution in [0.5, 0.6) is 0 Å². The highest BCUT2D eigenvalue weighted by molar-refractivity contribution is 6.36. The van der Waals surface area contributed by atoms with Gasteiger partial charge in [0.1, 0.15) is 0 Å². The van der Waals surface area contributed by atoms with Crippen LogP contribution >= 0.6 is 0 Å². The maximum Gasteiger partial charge on any atom is -0.00197 e. The molecule has 0 saturated heterocycles. The Balaban J connectivity index is 1.82. The Hall–Kier alpha value is -4.16. The van der Waals surface area contributed by atoms with Crippen molar-refractivity contribution in [2.24, 2.45) is 0 Å². The van der Waals surface area contributed by atoms with Crippen LogP contribution in [0.2, 0.25) is 0 Å². The molecule has 32 heavy (non-hydrogen) atoms. The van der Waals surface area contributed by atoms with E-state index in [-0.39, 0.29) is 0 Å². The molecule has 0 amide bonds. The molecule has 7 aromatic carbocycles. The second kappa shape index (κ2) is 6.67. The lowest BCUT2D eigenvalue weighted by Crippen LogP contribution is -1.89. The first kappa shape index (κ1) is 17.5. The molecule has 0 atom stereocenters. The molecule has 0 aliphatic heterocycles. The van der Waals surface area contributed by atoms with E-state index in [1.165, 1.54) is 65.0 Å². The van der Waals surface area contributed by atoms with Crippen LogP contribution in [0.1, 0.15) is 0 Å². The van der Waals surface area contributed by atoms with Crippen molar-refractivity contribution in [1.29, 1.82) is 0 Å². The molecule has 0 aliphatic carbocycles. The summed E-state index contributed by atoms with van der Waals surface area (Å²) in [4.78, 5) is 0. The van der Waals surface area contributed by atoms with Crippen molar-refractivity contribution in [3.63, 3.8) is 0 Å². The normalized spacial score (nSPS) is 11.8. The topological polar surface area (TPSA) is 0 Å². The molecule has 0 aromatic heterocycles. The van der Waals surface area contributed by atoms with Crippen molar-refractivity contribution in [3.8, 4) is 11.1 Å². The minimum absolute atomic E-state index is 1.26. The van der Waals surface area contributed by atoms with E-state index in [4.69, 9.17) is 0 Å². The highest BCUT2D eigenvalue weighted by Gasteiger charge is 2.16. The molecule has 0 fully saturated rings. The van der Waals surface area contributed by atoms with Gasteiger partial charge in [0, 0.05) is 0 Å². The molecule has 0 spiro atoms. The molecule has 0 bridgehead atoms. The van der Waals surface area contributed by atoms with Gasteiger partial charge in [-0.05, 0) is 71.1 Å². The van der Waals surface area contributed by atoms with Crippen molar-refractivity contribution in [2.75, 3.05) is 0 Å². The summed E-state index contributed by atoms with van der Waals surface area (Å²) in [5, 5.41) is 13.2. The zero-order valence-corrected chi connectivity index (χ0v) is 17.5. The van der Waals surface area contributed by atoms with Crippen LogP contribution in [0.4, 0.5) is 0 Å². The van der Waals surface area contributed by atoms with Gasteiger partial charge in [-0.15, -0.1) is 0 Å². The first-order valence-electron chi connectivity index (χ1n) is 11.1. The third kappa shape index (κ3) is 2.38. The maximum atomic E-state index is 2.41. The van der Waals surface area contributed by atoms with Gasteiger partial charge in [0.2, 0.25) is 0 Å². The Labute approximate surface area is 186 Å². The van der Waals surface area contributed by atoms with Gasteiger partial charge in [-0.1, -0.05) is 115 Å². The summed E-state index contributed by atoms with van der Waals surface area (Å²) in [6.45, 7) is 0. The molecular weight excluding hydrogens is 384 g/mol. The van der Waals surface area contributed by atoms with Gasteiger partial charge < -0.3 is 0 Å². The van der Waals surface area contributed by atoms with Gasteiger partial charge in [0.25, 0.3) is 0 Å². The minimum atomic E-state index is 1.26. The maximum absolute atomic E-state index is 2.41. The molecule has 0 N–H and O–H groups in total. The monoisotopic (exact) mass is 404 g/mol. The third-order valence-electron chi connectivity index (χ3n) is 6.81. The molecule has 148 valence electrons. The Morgan fingerprint density at radius 1 is 0.312 bits per heavy atom. The van der Waals surface area contributed by atoms with Gasteiger partial charge in [-0.25, -0.2) is 0 Å². The van der Waals surface area contributed by atoms with E-state index in [0.29, 0.717) is 0 Å². The predicted molar refractivity (Wildman–Crippen MR) is 139 cm³/mol. The van der Waals surface area contributed by atoms with E-state index in [1.54, 1.807) is 0 Å². The summed E-state index contributed by atoms with van der Waals surface area (Å²) in [5.74, 6) is 0. The van der Waals surface area contributed by atoms with Crippen LogP contribution in [0, 0.1) is 0 Å². The molecule has 0 heterocycles. The summed E-state index contributed by atoms with van der Waals surface area (Å²) in [5.41, 5.74) is 2.55. The second-order valence-corrected chi connectivity index (χ2v) is 8.51. The number of benzene rings is 7. The van der Waals surface area contributed by atoms with Crippen molar-refractivity contribution in [1.82, 2.24) is 0 Å². The molecule has 0 heteroatoms. The molecule has 7 rings (SSSR count). The highest BCUT2D eigenvalue weighted by Crippen LogP contribution is 2.44. The molecule has 0 unspecified atom stereocenters. The van der Waals surface area contributed by atoms with Crippen LogP contribution in [-0.2, 0) is 0 Å². The zero-order valence-electron chi connectivity index (χ0n) is 17.5. The zero-order chi connectivity index (χ0) is 21.1. The largest absolute Gasteiger partial charge is 0.0622 e. The van der Waals surface area contributed by atoms with Crippen molar-refractivity contribution < 1.29 is 0 Å². The fourth-order valence-electron chi connectivity index (χ4n) is 5.44. The average molecular weight is 405 g/mol. The molecule has 7 aromatic rings. The van der Waals surface area contributed by atoms with E-state index >= 15 is 0 Å². The van der Waals surface area contributed by atoms with Gasteiger partial charge in [0.15, 0.2) is 0 Å². The van der Waals surface area contributed by atoms with Crippen molar-refractivity contribution in [3.05, 3.63) is 121 Å². The first-order valence-corrected chi connectivity index (χ1v) is 11.1. The lowest BCUT2D eigenvalue weighted by molar-refractivity contribution is 1.67.